The highest BCUT2D eigenvalue weighted by Gasteiger charge is 2.17. The van der Waals surface area contributed by atoms with E-state index < -0.39 is 22.3 Å². The molecule has 1 aromatic carbocycles. The Hall–Kier alpha value is -1.10. The molecule has 0 fully saturated rings. The predicted molar refractivity (Wildman–Crippen MR) is 46.1 cm³/mol. The minimum absolute atomic E-state index is 0.215. The molecule has 0 radical (unpaired) electrons. The van der Waals surface area contributed by atoms with Gasteiger partial charge >= 0.3 is 0 Å². The molecule has 72 valence electrons. The second kappa shape index (κ2) is 3.74. The number of benzene rings is 1. The first-order valence-corrected chi connectivity index (χ1v) is 5.30. The third kappa shape index (κ3) is 2.18. The molecule has 0 saturated carbocycles. The van der Waals surface area contributed by atoms with Crippen LogP contribution in [0.3, 0.4) is 0 Å². The molecule has 0 atom stereocenters. The molecule has 0 aliphatic heterocycles. The Kier molecular flexibility index (Phi) is 2.87. The topological polar surface area (TPSA) is 54.4 Å². The van der Waals surface area contributed by atoms with Gasteiger partial charge in [-0.3, -0.25) is 0 Å². The molecule has 0 aromatic heterocycles. The molecule has 1 rings (SSSR count). The summed E-state index contributed by atoms with van der Waals surface area (Å²) in [6.07, 6.45) is 0. The van der Waals surface area contributed by atoms with Gasteiger partial charge in [0.05, 0.1) is 5.75 Å². The SMILES string of the molecule is O=S(=O)(CCF)c1ccccc1O. The Morgan fingerprint density at radius 3 is 2.46 bits per heavy atom. The van der Waals surface area contributed by atoms with Crippen molar-refractivity contribution < 1.29 is 17.9 Å². The number of alkyl halides is 1. The van der Waals surface area contributed by atoms with Crippen LogP contribution in [0.1, 0.15) is 0 Å². The van der Waals surface area contributed by atoms with Gasteiger partial charge < -0.3 is 5.11 Å². The molecule has 3 nitrogen and oxygen atoms in total. The van der Waals surface area contributed by atoms with Crippen LogP contribution in [0.2, 0.25) is 0 Å². The van der Waals surface area contributed by atoms with E-state index in [1.54, 1.807) is 0 Å². The molecule has 0 unspecified atom stereocenters. The third-order valence-corrected chi connectivity index (χ3v) is 3.25. The molecular formula is C8H9FO3S. The standard InChI is InChI=1S/C8H9FO3S/c9-5-6-13(11,12)8-4-2-1-3-7(8)10/h1-4,10H,5-6H2. The van der Waals surface area contributed by atoms with Crippen LogP contribution in [0, 0.1) is 0 Å². The number of halogens is 1. The van der Waals surface area contributed by atoms with Crippen molar-refractivity contribution in [2.75, 3.05) is 12.4 Å². The summed E-state index contributed by atoms with van der Waals surface area (Å²) < 4.78 is 34.4. The number of hydrogen-bond acceptors (Lipinski definition) is 3. The Morgan fingerprint density at radius 2 is 1.92 bits per heavy atom. The first kappa shape index (κ1) is 9.98. The maximum atomic E-state index is 11.8. The zero-order valence-electron chi connectivity index (χ0n) is 6.77. The van der Waals surface area contributed by atoms with Crippen molar-refractivity contribution in [2.45, 2.75) is 4.90 Å². The number of phenols is 1. The smallest absolute Gasteiger partial charge is 0.184 e. The largest absolute Gasteiger partial charge is 0.507 e. The van der Waals surface area contributed by atoms with Gasteiger partial charge in [-0.15, -0.1) is 0 Å². The highest BCUT2D eigenvalue weighted by atomic mass is 32.2. The fourth-order valence-electron chi connectivity index (χ4n) is 0.932. The lowest BCUT2D eigenvalue weighted by atomic mass is 10.3. The number of sulfone groups is 1. The van der Waals surface area contributed by atoms with E-state index in [0.29, 0.717) is 0 Å². The maximum absolute atomic E-state index is 11.8. The molecule has 0 spiro atoms. The van der Waals surface area contributed by atoms with Crippen molar-refractivity contribution in [1.29, 1.82) is 0 Å². The van der Waals surface area contributed by atoms with Crippen LogP contribution in [-0.4, -0.2) is 26.0 Å². The van der Waals surface area contributed by atoms with Gasteiger partial charge in [0.2, 0.25) is 0 Å². The second-order valence-corrected chi connectivity index (χ2v) is 4.55. The normalized spacial score (nSPS) is 11.5. The highest BCUT2D eigenvalue weighted by molar-refractivity contribution is 7.91. The van der Waals surface area contributed by atoms with Crippen molar-refractivity contribution in [2.24, 2.45) is 0 Å². The van der Waals surface area contributed by atoms with Gasteiger partial charge in [-0.25, -0.2) is 12.8 Å². The van der Waals surface area contributed by atoms with Gasteiger partial charge in [0, 0.05) is 0 Å². The molecule has 1 N–H and O–H groups in total. The van der Waals surface area contributed by atoms with Crippen LogP contribution in [0.5, 0.6) is 5.75 Å². The fourth-order valence-corrected chi connectivity index (χ4v) is 2.03. The number of rotatable bonds is 3. The lowest BCUT2D eigenvalue weighted by molar-refractivity contribution is 0.457. The number of aromatic hydroxyl groups is 1. The average Bonchev–Trinajstić information content (AvgIpc) is 2.04. The lowest BCUT2D eigenvalue weighted by Gasteiger charge is -2.03. The van der Waals surface area contributed by atoms with Crippen molar-refractivity contribution in [1.82, 2.24) is 0 Å². The molecule has 0 bridgehead atoms. The maximum Gasteiger partial charge on any atom is 0.184 e. The third-order valence-electron chi connectivity index (χ3n) is 1.55. The fraction of sp³-hybridized carbons (Fsp3) is 0.250. The van der Waals surface area contributed by atoms with Gasteiger partial charge in [-0.2, -0.15) is 0 Å². The van der Waals surface area contributed by atoms with E-state index in [9.17, 15) is 17.9 Å². The molecular weight excluding hydrogens is 195 g/mol. The van der Waals surface area contributed by atoms with Gasteiger partial charge in [0.1, 0.15) is 17.3 Å². The van der Waals surface area contributed by atoms with Crippen LogP contribution in [0.4, 0.5) is 4.39 Å². The summed E-state index contributed by atoms with van der Waals surface area (Å²) in [6, 6.07) is 5.49. The number of phenolic OH excluding ortho intramolecular Hbond substituents is 1. The number of para-hydroxylation sites is 1. The lowest BCUT2D eigenvalue weighted by Crippen LogP contribution is -2.08. The van der Waals surface area contributed by atoms with Crippen molar-refractivity contribution in [3.05, 3.63) is 24.3 Å². The van der Waals surface area contributed by atoms with Gasteiger partial charge in [-0.05, 0) is 12.1 Å². The van der Waals surface area contributed by atoms with Crippen LogP contribution in [0.15, 0.2) is 29.2 Å². The molecule has 0 amide bonds. The molecule has 13 heavy (non-hydrogen) atoms. The van der Waals surface area contributed by atoms with Crippen molar-refractivity contribution in [3.63, 3.8) is 0 Å². The van der Waals surface area contributed by atoms with Crippen LogP contribution < -0.4 is 0 Å². The summed E-state index contributed by atoms with van der Waals surface area (Å²) in [7, 11) is -3.67. The Bertz CT molecular complexity index is 386. The molecule has 0 aliphatic carbocycles. The van der Waals surface area contributed by atoms with E-state index in [0.717, 1.165) is 0 Å². The van der Waals surface area contributed by atoms with Crippen molar-refractivity contribution in [3.8, 4) is 5.75 Å². The minimum atomic E-state index is -3.67. The summed E-state index contributed by atoms with van der Waals surface area (Å²) in [5, 5.41) is 9.17. The molecule has 1 aromatic rings. The van der Waals surface area contributed by atoms with Gasteiger partial charge in [-0.1, -0.05) is 12.1 Å². The van der Waals surface area contributed by atoms with Crippen LogP contribution >= 0.6 is 0 Å². The van der Waals surface area contributed by atoms with Gasteiger partial charge in [0.15, 0.2) is 9.84 Å². The summed E-state index contributed by atoms with van der Waals surface area (Å²) in [5.74, 6) is -0.930. The van der Waals surface area contributed by atoms with E-state index in [1.165, 1.54) is 24.3 Å². The monoisotopic (exact) mass is 204 g/mol. The molecule has 0 saturated heterocycles. The molecule has 0 aliphatic rings. The molecule has 0 heterocycles. The average molecular weight is 204 g/mol. The second-order valence-electron chi connectivity index (χ2n) is 2.48. The van der Waals surface area contributed by atoms with E-state index in [1.807, 2.05) is 0 Å². The van der Waals surface area contributed by atoms with E-state index in [4.69, 9.17) is 0 Å². The summed E-state index contributed by atoms with van der Waals surface area (Å²) in [4.78, 5) is -0.215. The van der Waals surface area contributed by atoms with Gasteiger partial charge in [0.25, 0.3) is 0 Å². The first-order valence-electron chi connectivity index (χ1n) is 3.64. The van der Waals surface area contributed by atoms with E-state index >= 15 is 0 Å². The zero-order valence-corrected chi connectivity index (χ0v) is 7.59. The Morgan fingerprint density at radius 1 is 1.31 bits per heavy atom. The highest BCUT2D eigenvalue weighted by Crippen LogP contribution is 2.22. The van der Waals surface area contributed by atoms with Crippen LogP contribution in [-0.2, 0) is 9.84 Å². The number of hydrogen-bond donors (Lipinski definition) is 1. The Balaban J connectivity index is 3.15. The van der Waals surface area contributed by atoms with E-state index in [2.05, 4.69) is 0 Å². The predicted octanol–water partition coefficient (Wildman–Crippen LogP) is 1.14. The minimum Gasteiger partial charge on any atom is -0.507 e. The summed E-state index contributed by atoms with van der Waals surface area (Å²) in [6.45, 7) is -0.948. The first-order chi connectivity index (χ1) is 6.08. The Labute approximate surface area is 75.7 Å². The van der Waals surface area contributed by atoms with E-state index in [-0.39, 0.29) is 10.6 Å². The summed E-state index contributed by atoms with van der Waals surface area (Å²) in [5.41, 5.74) is 0. The zero-order chi connectivity index (χ0) is 9.90. The molecule has 5 heteroatoms. The van der Waals surface area contributed by atoms with Crippen LogP contribution in [0.25, 0.3) is 0 Å². The quantitative estimate of drug-likeness (QED) is 0.803. The summed E-state index contributed by atoms with van der Waals surface area (Å²) >= 11 is 0. The van der Waals surface area contributed by atoms with Crippen molar-refractivity contribution >= 4 is 9.84 Å².